The van der Waals surface area contributed by atoms with Crippen LogP contribution < -0.4 is 0 Å². The van der Waals surface area contributed by atoms with Crippen LogP contribution in [0.3, 0.4) is 0 Å². The summed E-state index contributed by atoms with van der Waals surface area (Å²) in [5, 5.41) is 0.937. The minimum absolute atomic E-state index is 0.343. The molecule has 0 spiro atoms. The molecule has 1 aliphatic heterocycles. The molecule has 58 valence electrons. The van der Waals surface area contributed by atoms with E-state index in [1.54, 1.807) is 0 Å². The quantitative estimate of drug-likeness (QED) is 0.543. The Balaban J connectivity index is 2.09. The highest BCUT2D eigenvalue weighted by molar-refractivity contribution is 9.09. The summed E-state index contributed by atoms with van der Waals surface area (Å²) < 4.78 is 5.41. The number of hydrogen-bond donors (Lipinski definition) is 0. The molecule has 0 saturated carbocycles. The summed E-state index contributed by atoms with van der Waals surface area (Å²) in [5.41, 5.74) is 1.29. The zero-order valence-electron chi connectivity index (χ0n) is 6.03. The van der Waals surface area contributed by atoms with Crippen LogP contribution in [0.4, 0.5) is 0 Å². The third-order valence-corrected chi connectivity index (χ3v) is 2.50. The Morgan fingerprint density at radius 3 is 2.55 bits per heavy atom. The second-order valence-electron chi connectivity index (χ2n) is 2.66. The smallest absolute Gasteiger partial charge is 0.110 e. The van der Waals surface area contributed by atoms with Gasteiger partial charge in [0.1, 0.15) is 6.10 Å². The predicted molar refractivity (Wildman–Crippen MR) is 47.9 cm³/mol. The number of ether oxygens (including phenoxy) is 1. The van der Waals surface area contributed by atoms with Crippen LogP contribution in [0.2, 0.25) is 0 Å². The summed E-state index contributed by atoms with van der Waals surface area (Å²) in [6, 6.07) is 10.3. The minimum atomic E-state index is 0.343. The lowest BCUT2D eigenvalue weighted by molar-refractivity contribution is 0.385. The number of benzene rings is 1. The van der Waals surface area contributed by atoms with Crippen LogP contribution in [0, 0.1) is 0 Å². The highest BCUT2D eigenvalue weighted by Crippen LogP contribution is 2.39. The average molecular weight is 213 g/mol. The molecular weight excluding hydrogens is 204 g/mol. The standard InChI is InChI=1S/C9H9BrO/c10-6-8-9(11-8)7-4-2-1-3-5-7/h1-5,8-9H,6H2/t8-,9-/m1/s1. The van der Waals surface area contributed by atoms with Gasteiger partial charge in [-0.1, -0.05) is 46.3 Å². The van der Waals surface area contributed by atoms with E-state index >= 15 is 0 Å². The number of rotatable bonds is 2. The highest BCUT2D eigenvalue weighted by atomic mass is 79.9. The first-order valence-electron chi connectivity index (χ1n) is 3.68. The first kappa shape index (κ1) is 7.32. The van der Waals surface area contributed by atoms with Crippen LogP contribution in [0.5, 0.6) is 0 Å². The first-order chi connectivity index (χ1) is 5.42. The Kier molecular flexibility index (Phi) is 1.96. The Labute approximate surface area is 74.5 Å². The number of epoxide rings is 1. The monoisotopic (exact) mass is 212 g/mol. The second kappa shape index (κ2) is 2.95. The molecule has 2 atom stereocenters. The van der Waals surface area contributed by atoms with Crippen LogP contribution in [0.15, 0.2) is 30.3 Å². The molecule has 0 N–H and O–H groups in total. The van der Waals surface area contributed by atoms with Crippen molar-refractivity contribution in [1.29, 1.82) is 0 Å². The molecule has 1 saturated heterocycles. The molecule has 0 unspecified atom stereocenters. The molecule has 1 aromatic carbocycles. The van der Waals surface area contributed by atoms with Crippen molar-refractivity contribution in [2.24, 2.45) is 0 Å². The van der Waals surface area contributed by atoms with Crippen molar-refractivity contribution in [3.63, 3.8) is 0 Å². The Bertz CT molecular complexity index is 235. The molecule has 1 fully saturated rings. The fourth-order valence-corrected chi connectivity index (χ4v) is 1.69. The van der Waals surface area contributed by atoms with Gasteiger partial charge in [0, 0.05) is 5.33 Å². The van der Waals surface area contributed by atoms with Crippen LogP contribution in [0.25, 0.3) is 0 Å². The zero-order valence-corrected chi connectivity index (χ0v) is 7.62. The minimum Gasteiger partial charge on any atom is -0.364 e. The normalized spacial score (nSPS) is 28.5. The molecule has 1 heterocycles. The zero-order chi connectivity index (χ0) is 7.68. The molecule has 11 heavy (non-hydrogen) atoms. The molecule has 1 nitrogen and oxygen atoms in total. The molecule has 0 aromatic heterocycles. The van der Waals surface area contributed by atoms with Gasteiger partial charge in [-0.25, -0.2) is 0 Å². The summed E-state index contributed by atoms with van der Waals surface area (Å²) >= 11 is 3.39. The maximum Gasteiger partial charge on any atom is 0.110 e. The van der Waals surface area contributed by atoms with Crippen molar-refractivity contribution in [3.05, 3.63) is 35.9 Å². The van der Waals surface area contributed by atoms with E-state index in [9.17, 15) is 0 Å². The van der Waals surface area contributed by atoms with Crippen molar-refractivity contribution in [2.75, 3.05) is 5.33 Å². The molecule has 0 amide bonds. The molecule has 0 aliphatic carbocycles. The van der Waals surface area contributed by atoms with Crippen molar-refractivity contribution in [2.45, 2.75) is 12.2 Å². The van der Waals surface area contributed by atoms with Crippen molar-refractivity contribution < 1.29 is 4.74 Å². The van der Waals surface area contributed by atoms with E-state index < -0.39 is 0 Å². The van der Waals surface area contributed by atoms with Crippen molar-refractivity contribution >= 4 is 15.9 Å². The number of halogens is 1. The molecule has 0 radical (unpaired) electrons. The fraction of sp³-hybridized carbons (Fsp3) is 0.333. The van der Waals surface area contributed by atoms with Crippen LogP contribution >= 0.6 is 15.9 Å². The van der Waals surface area contributed by atoms with Gasteiger partial charge >= 0.3 is 0 Å². The Morgan fingerprint density at radius 2 is 2.00 bits per heavy atom. The third-order valence-electron chi connectivity index (χ3n) is 1.86. The summed E-state index contributed by atoms with van der Waals surface area (Å²) in [4.78, 5) is 0. The molecule has 1 aromatic rings. The van der Waals surface area contributed by atoms with E-state index in [4.69, 9.17) is 4.74 Å². The SMILES string of the molecule is BrC[C@H]1O[C@@H]1c1ccccc1. The fourth-order valence-electron chi connectivity index (χ4n) is 1.20. The molecule has 1 aliphatic rings. The number of hydrogen-bond acceptors (Lipinski definition) is 1. The largest absolute Gasteiger partial charge is 0.364 e. The van der Waals surface area contributed by atoms with Crippen LogP contribution in [-0.2, 0) is 4.74 Å². The van der Waals surface area contributed by atoms with E-state index in [1.165, 1.54) is 5.56 Å². The van der Waals surface area contributed by atoms with Gasteiger partial charge in [-0.05, 0) is 5.56 Å². The van der Waals surface area contributed by atoms with Crippen molar-refractivity contribution in [1.82, 2.24) is 0 Å². The third kappa shape index (κ3) is 1.47. The topological polar surface area (TPSA) is 12.5 Å². The van der Waals surface area contributed by atoms with Gasteiger partial charge in [0.15, 0.2) is 0 Å². The Morgan fingerprint density at radius 1 is 1.27 bits per heavy atom. The lowest BCUT2D eigenvalue weighted by atomic mass is 10.1. The van der Waals surface area contributed by atoms with E-state index in [1.807, 2.05) is 18.2 Å². The van der Waals surface area contributed by atoms with E-state index in [2.05, 4.69) is 28.1 Å². The Hall–Kier alpha value is -0.340. The van der Waals surface area contributed by atoms with Crippen LogP contribution in [-0.4, -0.2) is 11.4 Å². The van der Waals surface area contributed by atoms with Gasteiger partial charge in [-0.3, -0.25) is 0 Å². The predicted octanol–water partition coefficient (Wildman–Crippen LogP) is 2.52. The molecular formula is C9H9BrO. The molecule has 2 heteroatoms. The van der Waals surface area contributed by atoms with E-state index in [0.717, 1.165) is 5.33 Å². The van der Waals surface area contributed by atoms with Crippen LogP contribution in [0.1, 0.15) is 11.7 Å². The first-order valence-corrected chi connectivity index (χ1v) is 4.80. The maximum absolute atomic E-state index is 5.41. The van der Waals surface area contributed by atoms with Gasteiger partial charge in [-0.15, -0.1) is 0 Å². The lowest BCUT2D eigenvalue weighted by Crippen LogP contribution is -1.87. The van der Waals surface area contributed by atoms with Gasteiger partial charge in [0.25, 0.3) is 0 Å². The second-order valence-corrected chi connectivity index (χ2v) is 3.31. The molecule has 2 rings (SSSR count). The van der Waals surface area contributed by atoms with Crippen molar-refractivity contribution in [3.8, 4) is 0 Å². The van der Waals surface area contributed by atoms with Gasteiger partial charge < -0.3 is 4.74 Å². The lowest BCUT2D eigenvalue weighted by Gasteiger charge is -1.91. The highest BCUT2D eigenvalue weighted by Gasteiger charge is 2.38. The summed E-state index contributed by atoms with van der Waals surface area (Å²) in [7, 11) is 0. The number of alkyl halides is 1. The molecule has 0 bridgehead atoms. The van der Waals surface area contributed by atoms with E-state index in [-0.39, 0.29) is 0 Å². The van der Waals surface area contributed by atoms with Gasteiger partial charge in [0.05, 0.1) is 6.10 Å². The van der Waals surface area contributed by atoms with Gasteiger partial charge in [-0.2, -0.15) is 0 Å². The summed E-state index contributed by atoms with van der Waals surface area (Å²) in [6.07, 6.45) is 0.743. The summed E-state index contributed by atoms with van der Waals surface area (Å²) in [6.45, 7) is 0. The average Bonchev–Trinajstić information content (AvgIpc) is 2.85. The van der Waals surface area contributed by atoms with Gasteiger partial charge in [0.2, 0.25) is 0 Å². The maximum atomic E-state index is 5.41. The van der Waals surface area contributed by atoms with E-state index in [0.29, 0.717) is 12.2 Å². The summed E-state index contributed by atoms with van der Waals surface area (Å²) in [5.74, 6) is 0.